The third kappa shape index (κ3) is 9.84. The molecule has 0 aliphatic heterocycles. The van der Waals surface area contributed by atoms with Gasteiger partial charge in [0.2, 0.25) is 0 Å². The predicted molar refractivity (Wildman–Crippen MR) is 59.7 cm³/mol. The lowest BCUT2D eigenvalue weighted by molar-refractivity contribution is 0.228. The van der Waals surface area contributed by atoms with E-state index >= 15 is 0 Å². The molecule has 1 N–H and O–H groups in total. The Morgan fingerprint density at radius 2 is 1.62 bits per heavy atom. The minimum atomic E-state index is 1.13. The summed E-state index contributed by atoms with van der Waals surface area (Å²) in [4.78, 5) is 0. The molecule has 2 heteroatoms. The highest BCUT2D eigenvalue weighted by Gasteiger charge is 1.95. The molecule has 0 aliphatic carbocycles. The monoisotopic (exact) mass is 186 g/mol. The van der Waals surface area contributed by atoms with E-state index in [0.29, 0.717) is 0 Å². The lowest BCUT2D eigenvalue weighted by Crippen LogP contribution is -2.35. The molecule has 0 aromatic carbocycles. The van der Waals surface area contributed by atoms with Gasteiger partial charge in [0.05, 0.1) is 0 Å². The van der Waals surface area contributed by atoms with Crippen molar-refractivity contribution in [2.24, 2.45) is 0 Å². The van der Waals surface area contributed by atoms with Gasteiger partial charge in [0.1, 0.15) is 0 Å². The van der Waals surface area contributed by atoms with Crippen LogP contribution in [0.4, 0.5) is 0 Å². The van der Waals surface area contributed by atoms with E-state index in [1.807, 2.05) is 0 Å². The number of unbranched alkanes of at least 4 members (excludes halogenated alkanes) is 4. The minimum absolute atomic E-state index is 1.13. The molecule has 0 aliphatic rings. The van der Waals surface area contributed by atoms with Crippen LogP contribution in [0.2, 0.25) is 0 Å². The molecule has 0 saturated carbocycles. The van der Waals surface area contributed by atoms with E-state index in [0.717, 1.165) is 6.54 Å². The molecule has 0 bridgehead atoms. The molecule has 13 heavy (non-hydrogen) atoms. The van der Waals surface area contributed by atoms with Gasteiger partial charge in [-0.05, 0) is 12.8 Å². The van der Waals surface area contributed by atoms with Gasteiger partial charge < -0.3 is 0 Å². The normalized spacial score (nSPS) is 11.1. The molecule has 0 amide bonds. The molecule has 0 saturated heterocycles. The lowest BCUT2D eigenvalue weighted by atomic mass is 10.2. The fraction of sp³-hybridized carbons (Fsp3) is 1.00. The van der Waals surface area contributed by atoms with Gasteiger partial charge >= 0.3 is 0 Å². The van der Waals surface area contributed by atoms with Crippen molar-refractivity contribution in [3.63, 3.8) is 0 Å². The van der Waals surface area contributed by atoms with Gasteiger partial charge in [0.15, 0.2) is 0 Å². The summed E-state index contributed by atoms with van der Waals surface area (Å²) in [5, 5.41) is 2.23. The first-order valence-electron chi connectivity index (χ1n) is 5.75. The minimum Gasteiger partial charge on any atom is -0.255 e. The Hall–Kier alpha value is -0.0800. The summed E-state index contributed by atoms with van der Waals surface area (Å²) in [6.45, 7) is 6.79. The predicted octanol–water partition coefficient (Wildman–Crippen LogP) is 2.80. The highest BCUT2D eigenvalue weighted by Crippen LogP contribution is 1.98. The van der Waals surface area contributed by atoms with E-state index in [4.69, 9.17) is 0 Å². The molecule has 0 heterocycles. The van der Waals surface area contributed by atoms with Gasteiger partial charge in [0.25, 0.3) is 0 Å². The maximum atomic E-state index is 3.39. The standard InChI is InChI=1S/C11H26N2/c1-4-6-8-9-11-13(3)12-10-7-5-2/h12H,4-11H2,1-3H3. The third-order valence-electron chi connectivity index (χ3n) is 2.26. The van der Waals surface area contributed by atoms with Crippen LogP contribution in [-0.4, -0.2) is 25.1 Å². The molecule has 0 unspecified atom stereocenters. The molecule has 0 rings (SSSR count). The van der Waals surface area contributed by atoms with Crippen LogP contribution in [0.5, 0.6) is 0 Å². The molecule has 80 valence electrons. The number of hydrazine groups is 1. The zero-order valence-corrected chi connectivity index (χ0v) is 9.60. The summed E-state index contributed by atoms with van der Waals surface area (Å²) in [5.74, 6) is 0. The maximum Gasteiger partial charge on any atom is 0.0127 e. The molecule has 0 aromatic heterocycles. The maximum absolute atomic E-state index is 3.39. The summed E-state index contributed by atoms with van der Waals surface area (Å²) >= 11 is 0. The Bertz CT molecular complexity index is 94.1. The molecule has 0 spiro atoms. The number of nitrogens with zero attached hydrogens (tertiary/aromatic N) is 1. The summed E-state index contributed by atoms with van der Waals surface area (Å²) in [6.07, 6.45) is 7.95. The summed E-state index contributed by atoms with van der Waals surface area (Å²) in [5.41, 5.74) is 3.39. The lowest BCUT2D eigenvalue weighted by Gasteiger charge is -2.17. The SMILES string of the molecule is CCCCCCN(C)NCCCC. The van der Waals surface area contributed by atoms with Crippen LogP contribution in [0.15, 0.2) is 0 Å². The zero-order chi connectivity index (χ0) is 9.94. The Morgan fingerprint density at radius 3 is 2.23 bits per heavy atom. The van der Waals surface area contributed by atoms with Crippen LogP contribution >= 0.6 is 0 Å². The second kappa shape index (κ2) is 10.0. The van der Waals surface area contributed by atoms with Gasteiger partial charge in [-0.1, -0.05) is 39.5 Å². The topological polar surface area (TPSA) is 15.3 Å². The summed E-state index contributed by atoms with van der Waals surface area (Å²) < 4.78 is 0. The molecule has 2 nitrogen and oxygen atoms in total. The largest absolute Gasteiger partial charge is 0.255 e. The smallest absolute Gasteiger partial charge is 0.0127 e. The van der Waals surface area contributed by atoms with Crippen LogP contribution in [0.1, 0.15) is 52.4 Å². The van der Waals surface area contributed by atoms with E-state index < -0.39 is 0 Å². The fourth-order valence-electron chi connectivity index (χ4n) is 1.30. The van der Waals surface area contributed by atoms with Crippen LogP contribution in [0.25, 0.3) is 0 Å². The molecular weight excluding hydrogens is 160 g/mol. The van der Waals surface area contributed by atoms with Crippen molar-refractivity contribution in [1.82, 2.24) is 10.4 Å². The Labute approximate surface area is 83.7 Å². The van der Waals surface area contributed by atoms with E-state index in [2.05, 4.69) is 31.3 Å². The van der Waals surface area contributed by atoms with E-state index in [1.165, 1.54) is 45.1 Å². The van der Waals surface area contributed by atoms with Crippen LogP contribution < -0.4 is 5.43 Å². The van der Waals surface area contributed by atoms with E-state index in [9.17, 15) is 0 Å². The van der Waals surface area contributed by atoms with Crippen molar-refractivity contribution < 1.29 is 0 Å². The first-order chi connectivity index (χ1) is 6.31. The van der Waals surface area contributed by atoms with E-state index in [1.54, 1.807) is 0 Å². The zero-order valence-electron chi connectivity index (χ0n) is 9.60. The van der Waals surface area contributed by atoms with Crippen molar-refractivity contribution >= 4 is 0 Å². The highest BCUT2D eigenvalue weighted by molar-refractivity contribution is 4.47. The van der Waals surface area contributed by atoms with E-state index in [-0.39, 0.29) is 0 Å². The number of hydrogen-bond donors (Lipinski definition) is 1. The second-order valence-electron chi connectivity index (χ2n) is 3.74. The molecular formula is C11H26N2. The summed E-state index contributed by atoms with van der Waals surface area (Å²) in [7, 11) is 2.14. The van der Waals surface area contributed by atoms with Gasteiger partial charge in [-0.3, -0.25) is 5.43 Å². The third-order valence-corrected chi connectivity index (χ3v) is 2.26. The van der Waals surface area contributed by atoms with Crippen molar-refractivity contribution in [1.29, 1.82) is 0 Å². The average Bonchev–Trinajstić information content (AvgIpc) is 2.13. The number of hydrogen-bond acceptors (Lipinski definition) is 2. The number of nitrogens with one attached hydrogen (secondary N) is 1. The van der Waals surface area contributed by atoms with Gasteiger partial charge in [0, 0.05) is 20.1 Å². The second-order valence-corrected chi connectivity index (χ2v) is 3.74. The van der Waals surface area contributed by atoms with Crippen molar-refractivity contribution in [2.45, 2.75) is 52.4 Å². The first kappa shape index (κ1) is 12.9. The van der Waals surface area contributed by atoms with Gasteiger partial charge in [-0.15, -0.1) is 0 Å². The summed E-state index contributed by atoms with van der Waals surface area (Å²) in [6, 6.07) is 0. The quantitative estimate of drug-likeness (QED) is 0.440. The molecule has 0 fully saturated rings. The van der Waals surface area contributed by atoms with Gasteiger partial charge in [-0.25, -0.2) is 5.01 Å². The highest BCUT2D eigenvalue weighted by atomic mass is 15.5. The molecule has 0 aromatic rings. The number of rotatable bonds is 9. The van der Waals surface area contributed by atoms with Crippen molar-refractivity contribution in [2.75, 3.05) is 20.1 Å². The fourth-order valence-corrected chi connectivity index (χ4v) is 1.30. The van der Waals surface area contributed by atoms with Crippen LogP contribution in [0, 0.1) is 0 Å². The van der Waals surface area contributed by atoms with Crippen LogP contribution in [-0.2, 0) is 0 Å². The van der Waals surface area contributed by atoms with Crippen molar-refractivity contribution in [3.8, 4) is 0 Å². The first-order valence-corrected chi connectivity index (χ1v) is 5.75. The Balaban J connectivity index is 3.05. The molecule has 0 radical (unpaired) electrons. The average molecular weight is 186 g/mol. The van der Waals surface area contributed by atoms with Gasteiger partial charge in [-0.2, -0.15) is 0 Å². The van der Waals surface area contributed by atoms with Crippen LogP contribution in [0.3, 0.4) is 0 Å². The molecule has 0 atom stereocenters. The Kier molecular flexibility index (Phi) is 9.94. The van der Waals surface area contributed by atoms with Crippen molar-refractivity contribution in [3.05, 3.63) is 0 Å². The Morgan fingerprint density at radius 1 is 0.923 bits per heavy atom.